The minimum atomic E-state index is -4.38. The summed E-state index contributed by atoms with van der Waals surface area (Å²) in [5, 5.41) is 3.06. The largest absolute Gasteiger partial charge is 0.417 e. The van der Waals surface area contributed by atoms with Crippen LogP contribution in [-0.2, 0) is 6.18 Å². The molecule has 0 spiro atoms. The van der Waals surface area contributed by atoms with Crippen LogP contribution in [0.5, 0.6) is 0 Å². The lowest BCUT2D eigenvalue weighted by molar-refractivity contribution is -0.137. The molecule has 0 aliphatic carbocycles. The third-order valence-electron chi connectivity index (χ3n) is 3.01. The van der Waals surface area contributed by atoms with Crippen molar-refractivity contribution in [3.8, 4) is 0 Å². The fraction of sp³-hybridized carbons (Fsp3) is 0.500. The number of rotatable bonds is 1. The number of hydrogen-bond donors (Lipinski definition) is 1. The Balaban J connectivity index is 0.00000162. The Morgan fingerprint density at radius 2 is 1.94 bits per heavy atom. The number of benzene rings is 1. The second-order valence-electron chi connectivity index (χ2n) is 4.24. The standard InChI is InChI=1S/C12H13ClF3N.ClH/c13-10-7-8(11-3-1-2-6-17-11)4-5-9(10)12(14,15)16;/h4-5,7,11,17H,1-3,6H2;1H/t11-;/m1./s1. The molecule has 1 aromatic carbocycles. The Bertz CT molecular complexity index is 401. The van der Waals surface area contributed by atoms with E-state index in [1.807, 2.05) is 0 Å². The molecular formula is C12H14Cl2F3N. The van der Waals surface area contributed by atoms with Gasteiger partial charge in [-0.25, -0.2) is 0 Å². The molecule has 0 saturated carbocycles. The Morgan fingerprint density at radius 3 is 2.44 bits per heavy atom. The van der Waals surface area contributed by atoms with Crippen molar-refractivity contribution in [1.82, 2.24) is 5.32 Å². The van der Waals surface area contributed by atoms with Gasteiger partial charge in [0, 0.05) is 6.04 Å². The van der Waals surface area contributed by atoms with Crippen LogP contribution in [0.1, 0.15) is 36.4 Å². The summed E-state index contributed by atoms with van der Waals surface area (Å²) in [4.78, 5) is 0. The molecule has 1 aliphatic heterocycles. The Kier molecular flexibility index (Phi) is 5.32. The van der Waals surface area contributed by atoms with Gasteiger partial charge in [0.05, 0.1) is 10.6 Å². The van der Waals surface area contributed by atoms with Crippen LogP contribution in [0.15, 0.2) is 18.2 Å². The zero-order valence-electron chi connectivity index (χ0n) is 9.56. The average molecular weight is 300 g/mol. The number of hydrogen-bond acceptors (Lipinski definition) is 1. The molecule has 0 bridgehead atoms. The molecule has 1 atom stereocenters. The van der Waals surface area contributed by atoms with Crippen LogP contribution in [-0.4, -0.2) is 6.54 Å². The van der Waals surface area contributed by atoms with Crippen LogP contribution in [0.3, 0.4) is 0 Å². The molecule has 2 rings (SSSR count). The lowest BCUT2D eigenvalue weighted by Crippen LogP contribution is -2.26. The molecule has 1 aliphatic rings. The summed E-state index contributed by atoms with van der Waals surface area (Å²) < 4.78 is 37.6. The molecule has 0 unspecified atom stereocenters. The summed E-state index contributed by atoms with van der Waals surface area (Å²) in [5.41, 5.74) is 0.0708. The summed E-state index contributed by atoms with van der Waals surface area (Å²) >= 11 is 5.69. The summed E-state index contributed by atoms with van der Waals surface area (Å²) in [7, 11) is 0. The van der Waals surface area contributed by atoms with Gasteiger partial charge in [-0.1, -0.05) is 24.1 Å². The van der Waals surface area contributed by atoms with Crippen molar-refractivity contribution in [2.75, 3.05) is 6.54 Å². The molecular weight excluding hydrogens is 286 g/mol. The van der Waals surface area contributed by atoms with Crippen LogP contribution >= 0.6 is 24.0 Å². The molecule has 1 saturated heterocycles. The highest BCUT2D eigenvalue weighted by molar-refractivity contribution is 6.31. The lowest BCUT2D eigenvalue weighted by Gasteiger charge is -2.24. The van der Waals surface area contributed by atoms with Gasteiger partial charge in [-0.05, 0) is 37.1 Å². The second-order valence-corrected chi connectivity index (χ2v) is 4.65. The first-order valence-corrected chi connectivity index (χ1v) is 5.96. The predicted molar refractivity (Wildman–Crippen MR) is 68.3 cm³/mol. The maximum Gasteiger partial charge on any atom is 0.417 e. The summed E-state index contributed by atoms with van der Waals surface area (Å²) in [6.45, 7) is 0.906. The number of nitrogens with one attached hydrogen (secondary N) is 1. The molecule has 0 amide bonds. The molecule has 0 aromatic heterocycles. The van der Waals surface area contributed by atoms with E-state index in [9.17, 15) is 13.2 Å². The van der Waals surface area contributed by atoms with E-state index in [2.05, 4.69) is 5.32 Å². The van der Waals surface area contributed by atoms with Gasteiger partial charge in [-0.2, -0.15) is 13.2 Å². The van der Waals surface area contributed by atoms with Crippen molar-refractivity contribution in [3.05, 3.63) is 34.3 Å². The van der Waals surface area contributed by atoms with E-state index in [4.69, 9.17) is 11.6 Å². The summed E-state index contributed by atoms with van der Waals surface area (Å²) in [6.07, 6.45) is -1.22. The van der Waals surface area contributed by atoms with Crippen LogP contribution in [0.25, 0.3) is 0 Å². The van der Waals surface area contributed by atoms with Gasteiger partial charge in [-0.3, -0.25) is 0 Å². The van der Waals surface area contributed by atoms with Crippen LogP contribution in [0, 0.1) is 0 Å². The van der Waals surface area contributed by atoms with E-state index in [0.717, 1.165) is 37.4 Å². The minimum absolute atomic E-state index is 0. The quantitative estimate of drug-likeness (QED) is 0.799. The maximum atomic E-state index is 12.5. The Labute approximate surface area is 115 Å². The van der Waals surface area contributed by atoms with Crippen molar-refractivity contribution < 1.29 is 13.2 Å². The molecule has 0 radical (unpaired) electrons. The van der Waals surface area contributed by atoms with Crippen LogP contribution in [0.2, 0.25) is 5.02 Å². The SMILES string of the molecule is Cl.FC(F)(F)c1ccc([C@H]2CCCCN2)cc1Cl. The molecule has 1 heterocycles. The lowest BCUT2D eigenvalue weighted by atomic mass is 9.96. The normalized spacial score (nSPS) is 20.3. The fourth-order valence-electron chi connectivity index (χ4n) is 2.11. The first-order chi connectivity index (χ1) is 7.98. The van der Waals surface area contributed by atoms with E-state index < -0.39 is 11.7 Å². The van der Waals surface area contributed by atoms with Gasteiger partial charge in [0.15, 0.2) is 0 Å². The van der Waals surface area contributed by atoms with Gasteiger partial charge in [0.25, 0.3) is 0 Å². The van der Waals surface area contributed by atoms with Crippen molar-refractivity contribution in [1.29, 1.82) is 0 Å². The summed E-state index contributed by atoms with van der Waals surface area (Å²) in [5.74, 6) is 0. The maximum absolute atomic E-state index is 12.5. The third-order valence-corrected chi connectivity index (χ3v) is 3.32. The van der Waals surface area contributed by atoms with Gasteiger partial charge >= 0.3 is 6.18 Å². The molecule has 1 aromatic rings. The van der Waals surface area contributed by atoms with E-state index in [1.54, 1.807) is 0 Å². The molecule has 18 heavy (non-hydrogen) atoms. The van der Waals surface area contributed by atoms with E-state index in [0.29, 0.717) is 0 Å². The molecule has 1 fully saturated rings. The van der Waals surface area contributed by atoms with Gasteiger partial charge in [0.2, 0.25) is 0 Å². The Morgan fingerprint density at radius 1 is 1.22 bits per heavy atom. The van der Waals surface area contributed by atoms with Crippen LogP contribution < -0.4 is 5.32 Å². The van der Waals surface area contributed by atoms with Gasteiger partial charge < -0.3 is 5.32 Å². The highest BCUT2D eigenvalue weighted by atomic mass is 35.5. The average Bonchev–Trinajstić information content (AvgIpc) is 2.28. The fourth-order valence-corrected chi connectivity index (χ4v) is 2.41. The first kappa shape index (κ1) is 15.6. The highest BCUT2D eigenvalue weighted by Crippen LogP contribution is 2.36. The highest BCUT2D eigenvalue weighted by Gasteiger charge is 2.33. The third kappa shape index (κ3) is 3.53. The van der Waals surface area contributed by atoms with E-state index in [-0.39, 0.29) is 23.5 Å². The summed E-state index contributed by atoms with van der Waals surface area (Å²) in [6, 6.07) is 4.13. The second kappa shape index (κ2) is 6.13. The Hall–Kier alpha value is -0.450. The number of halogens is 5. The zero-order chi connectivity index (χ0) is 12.5. The monoisotopic (exact) mass is 299 g/mol. The van der Waals surface area contributed by atoms with Crippen molar-refractivity contribution in [3.63, 3.8) is 0 Å². The molecule has 1 N–H and O–H groups in total. The topological polar surface area (TPSA) is 12.0 Å². The smallest absolute Gasteiger partial charge is 0.310 e. The van der Waals surface area contributed by atoms with Crippen LogP contribution in [0.4, 0.5) is 13.2 Å². The van der Waals surface area contributed by atoms with Crippen molar-refractivity contribution >= 4 is 24.0 Å². The number of alkyl halides is 3. The minimum Gasteiger partial charge on any atom is -0.310 e. The zero-order valence-corrected chi connectivity index (χ0v) is 11.1. The van der Waals surface area contributed by atoms with E-state index in [1.165, 1.54) is 12.1 Å². The first-order valence-electron chi connectivity index (χ1n) is 5.58. The predicted octanol–water partition coefficient (Wildman–Crippen LogP) is 4.60. The van der Waals surface area contributed by atoms with E-state index >= 15 is 0 Å². The van der Waals surface area contributed by atoms with Crippen molar-refractivity contribution in [2.24, 2.45) is 0 Å². The van der Waals surface area contributed by atoms with Gasteiger partial charge in [0.1, 0.15) is 0 Å². The van der Waals surface area contributed by atoms with Crippen molar-refractivity contribution in [2.45, 2.75) is 31.5 Å². The molecule has 102 valence electrons. The number of piperidine rings is 1. The molecule has 1 nitrogen and oxygen atoms in total. The molecule has 6 heteroatoms. The van der Waals surface area contributed by atoms with Gasteiger partial charge in [-0.15, -0.1) is 12.4 Å².